The first-order valence-electron chi connectivity index (χ1n) is 9.06. The summed E-state index contributed by atoms with van der Waals surface area (Å²) in [4.78, 5) is 28.7. The molecule has 1 aliphatic rings. The number of hydrogen-bond acceptors (Lipinski definition) is 6. The largest absolute Gasteiger partial charge is 0.506 e. The van der Waals surface area contributed by atoms with Crippen LogP contribution in [-0.2, 0) is 14.3 Å². The number of hydrogen-bond donors (Lipinski definition) is 1. The zero-order chi connectivity index (χ0) is 21.4. The zero-order valence-corrected chi connectivity index (χ0v) is 18.6. The van der Waals surface area contributed by atoms with Crippen LogP contribution in [0.4, 0.5) is 0 Å². The van der Waals surface area contributed by atoms with Gasteiger partial charge in [-0.2, -0.15) is 0 Å². The second-order valence-corrected chi connectivity index (χ2v) is 7.84. The molecule has 0 fully saturated rings. The molecule has 1 heterocycles. The minimum absolute atomic E-state index is 0.101. The molecule has 0 bridgehead atoms. The van der Waals surface area contributed by atoms with Crippen molar-refractivity contribution in [3.05, 3.63) is 57.1 Å². The van der Waals surface area contributed by atoms with E-state index < -0.39 is 5.97 Å². The lowest BCUT2D eigenvalue weighted by atomic mass is 10.1. The third kappa shape index (κ3) is 6.08. The first-order chi connectivity index (χ1) is 13.9. The van der Waals surface area contributed by atoms with Crippen molar-refractivity contribution >= 4 is 50.7 Å². The monoisotopic (exact) mass is 479 g/mol. The Morgan fingerprint density at radius 3 is 2.76 bits per heavy atom. The first kappa shape index (κ1) is 23.0. The topological polar surface area (TPSA) is 85.2 Å². The molecule has 1 aromatic rings. The van der Waals surface area contributed by atoms with Gasteiger partial charge >= 0.3 is 5.97 Å². The van der Waals surface area contributed by atoms with Crippen molar-refractivity contribution in [1.29, 1.82) is 0 Å². The van der Waals surface area contributed by atoms with Crippen molar-refractivity contribution in [2.75, 3.05) is 13.2 Å². The number of aliphatic hydroxyl groups excluding tert-OH is 1. The fourth-order valence-corrected chi connectivity index (χ4v) is 3.83. The predicted octanol–water partition coefficient (Wildman–Crippen LogP) is 5.20. The lowest BCUT2D eigenvalue weighted by Gasteiger charge is -2.08. The van der Waals surface area contributed by atoms with E-state index in [1.165, 1.54) is 0 Å². The SMILES string of the molecule is C=CCOc1ccc(Br)cc1/C=C1\SC(=NC(=O)CCC)C(C(=O)OCC)=C1O. The second kappa shape index (κ2) is 11.0. The molecule has 0 saturated carbocycles. The van der Waals surface area contributed by atoms with Crippen molar-refractivity contribution in [3.63, 3.8) is 0 Å². The fourth-order valence-electron chi connectivity index (χ4n) is 2.43. The molecule has 1 aliphatic heterocycles. The highest BCUT2D eigenvalue weighted by molar-refractivity contribution is 9.10. The maximum absolute atomic E-state index is 12.3. The quantitative estimate of drug-likeness (QED) is 0.407. The summed E-state index contributed by atoms with van der Waals surface area (Å²) in [6, 6.07) is 5.44. The van der Waals surface area contributed by atoms with Crippen molar-refractivity contribution in [2.24, 2.45) is 4.99 Å². The molecule has 2 rings (SSSR count). The molecule has 0 atom stereocenters. The molecule has 6 nitrogen and oxygen atoms in total. The van der Waals surface area contributed by atoms with Gasteiger partial charge in [-0.1, -0.05) is 47.3 Å². The lowest BCUT2D eigenvalue weighted by Crippen LogP contribution is -2.14. The summed E-state index contributed by atoms with van der Waals surface area (Å²) >= 11 is 4.46. The van der Waals surface area contributed by atoms with Gasteiger partial charge in [0.25, 0.3) is 0 Å². The van der Waals surface area contributed by atoms with E-state index in [0.717, 1.165) is 16.2 Å². The molecule has 0 saturated heterocycles. The summed E-state index contributed by atoms with van der Waals surface area (Å²) in [6.45, 7) is 7.62. The third-order valence-electron chi connectivity index (χ3n) is 3.68. The number of carbonyl (C=O) groups is 2. The molecule has 154 valence electrons. The first-order valence-corrected chi connectivity index (χ1v) is 10.7. The lowest BCUT2D eigenvalue weighted by molar-refractivity contribution is -0.138. The molecule has 1 aromatic carbocycles. The van der Waals surface area contributed by atoms with Crippen molar-refractivity contribution in [3.8, 4) is 5.75 Å². The molecule has 1 amide bonds. The van der Waals surface area contributed by atoms with Gasteiger partial charge in [0.1, 0.15) is 28.7 Å². The number of halogens is 1. The Balaban J connectivity index is 2.51. The molecule has 0 spiro atoms. The van der Waals surface area contributed by atoms with Gasteiger partial charge in [-0.05, 0) is 37.6 Å². The zero-order valence-electron chi connectivity index (χ0n) is 16.2. The molecular formula is C21H22BrNO5S. The van der Waals surface area contributed by atoms with Crippen LogP contribution < -0.4 is 4.74 Å². The standard InChI is InChI=1S/C21H22BrNO5S/c1-4-7-17(24)23-20-18(21(26)27-6-3)19(25)16(29-20)12-13-11-14(22)8-9-15(13)28-10-5-2/h5,8-9,11-12,25H,2,4,6-7,10H2,1,3H3/b16-12-,23-20?. The Kier molecular flexibility index (Phi) is 8.72. The Hall–Kier alpha value is -2.32. The minimum atomic E-state index is -0.721. The predicted molar refractivity (Wildman–Crippen MR) is 119 cm³/mol. The average Bonchev–Trinajstić information content (AvgIpc) is 2.96. The van der Waals surface area contributed by atoms with Gasteiger partial charge in [0, 0.05) is 16.5 Å². The summed E-state index contributed by atoms with van der Waals surface area (Å²) in [5.74, 6) is -0.769. The normalized spacial score (nSPS) is 16.4. The number of thioether (sulfide) groups is 1. The highest BCUT2D eigenvalue weighted by Crippen LogP contribution is 2.40. The molecule has 0 aromatic heterocycles. The number of rotatable bonds is 8. The van der Waals surface area contributed by atoms with Crippen LogP contribution in [-0.4, -0.2) is 35.2 Å². The summed E-state index contributed by atoms with van der Waals surface area (Å²) in [6.07, 6.45) is 4.19. The van der Waals surface area contributed by atoms with Gasteiger partial charge in [0.2, 0.25) is 5.91 Å². The Labute approximate surface area is 182 Å². The van der Waals surface area contributed by atoms with E-state index in [2.05, 4.69) is 27.5 Å². The van der Waals surface area contributed by atoms with Gasteiger partial charge < -0.3 is 14.6 Å². The van der Waals surface area contributed by atoms with E-state index in [1.807, 2.05) is 19.1 Å². The molecule has 8 heteroatoms. The van der Waals surface area contributed by atoms with Crippen molar-refractivity contribution in [1.82, 2.24) is 0 Å². The maximum Gasteiger partial charge on any atom is 0.344 e. The van der Waals surface area contributed by atoms with Crippen LogP contribution in [0.25, 0.3) is 6.08 Å². The van der Waals surface area contributed by atoms with Crippen molar-refractivity contribution in [2.45, 2.75) is 26.7 Å². The fraction of sp³-hybridized carbons (Fsp3) is 0.286. The van der Waals surface area contributed by atoms with E-state index in [-0.39, 0.29) is 35.3 Å². The molecule has 0 aliphatic carbocycles. The van der Waals surface area contributed by atoms with Gasteiger partial charge in [-0.15, -0.1) is 0 Å². The van der Waals surface area contributed by atoms with E-state index in [4.69, 9.17) is 9.47 Å². The molecule has 0 radical (unpaired) electrons. The van der Waals surface area contributed by atoms with Crippen LogP contribution >= 0.6 is 27.7 Å². The highest BCUT2D eigenvalue weighted by Gasteiger charge is 2.33. The van der Waals surface area contributed by atoms with Gasteiger partial charge in [-0.25, -0.2) is 9.79 Å². The minimum Gasteiger partial charge on any atom is -0.506 e. The third-order valence-corrected chi connectivity index (χ3v) is 5.19. The summed E-state index contributed by atoms with van der Waals surface area (Å²) in [5, 5.41) is 10.8. The van der Waals surface area contributed by atoms with Gasteiger partial charge in [-0.3, -0.25) is 4.79 Å². The number of ether oxygens (including phenoxy) is 2. The van der Waals surface area contributed by atoms with E-state index in [9.17, 15) is 14.7 Å². The Bertz CT molecular complexity index is 904. The van der Waals surface area contributed by atoms with Crippen LogP contribution in [0.2, 0.25) is 0 Å². The van der Waals surface area contributed by atoms with Crippen LogP contribution in [0.3, 0.4) is 0 Å². The number of esters is 1. The van der Waals surface area contributed by atoms with Crippen LogP contribution in [0.15, 0.2) is 56.6 Å². The molecule has 1 N–H and O–H groups in total. The van der Waals surface area contributed by atoms with Gasteiger partial charge in [0.15, 0.2) is 0 Å². The smallest absolute Gasteiger partial charge is 0.344 e. The van der Waals surface area contributed by atoms with E-state index in [0.29, 0.717) is 29.2 Å². The summed E-state index contributed by atoms with van der Waals surface area (Å²) in [7, 11) is 0. The number of nitrogens with zero attached hydrogens (tertiary/aromatic N) is 1. The Morgan fingerprint density at radius 2 is 2.10 bits per heavy atom. The number of aliphatic hydroxyl groups is 1. The number of benzene rings is 1. The number of carbonyl (C=O) groups excluding carboxylic acids is 2. The van der Waals surface area contributed by atoms with Crippen LogP contribution in [0.5, 0.6) is 5.75 Å². The van der Waals surface area contributed by atoms with E-state index in [1.54, 1.807) is 25.1 Å². The molecule has 29 heavy (non-hydrogen) atoms. The van der Waals surface area contributed by atoms with Crippen molar-refractivity contribution < 1.29 is 24.2 Å². The van der Waals surface area contributed by atoms with Crippen LogP contribution in [0.1, 0.15) is 32.3 Å². The summed E-state index contributed by atoms with van der Waals surface area (Å²) in [5.41, 5.74) is 0.579. The summed E-state index contributed by atoms with van der Waals surface area (Å²) < 4.78 is 11.5. The van der Waals surface area contributed by atoms with Crippen LogP contribution in [0, 0.1) is 0 Å². The number of amides is 1. The Morgan fingerprint density at radius 1 is 1.34 bits per heavy atom. The second-order valence-electron chi connectivity index (χ2n) is 5.90. The van der Waals surface area contributed by atoms with E-state index >= 15 is 0 Å². The molecule has 0 unspecified atom stereocenters. The molecular weight excluding hydrogens is 458 g/mol. The highest BCUT2D eigenvalue weighted by atomic mass is 79.9. The van der Waals surface area contributed by atoms with Gasteiger partial charge in [0.05, 0.1) is 11.5 Å². The maximum atomic E-state index is 12.3. The average molecular weight is 480 g/mol. The number of aliphatic imine (C=N–C) groups is 1.